The first-order valence-electron chi connectivity index (χ1n) is 9.03. The highest BCUT2D eigenvalue weighted by molar-refractivity contribution is 7.99. The number of thioether (sulfide) groups is 1. The number of nitrogens with one attached hydrogen (secondary N) is 1. The Kier molecular flexibility index (Phi) is 5.11. The summed E-state index contributed by atoms with van der Waals surface area (Å²) in [6.07, 6.45) is 4.99. The predicted molar refractivity (Wildman–Crippen MR) is 99.4 cm³/mol. The van der Waals surface area contributed by atoms with Gasteiger partial charge in [0.2, 0.25) is 11.1 Å². The van der Waals surface area contributed by atoms with Gasteiger partial charge in [-0.2, -0.15) is 0 Å². The third kappa shape index (κ3) is 3.83. The Morgan fingerprint density at radius 3 is 2.74 bits per heavy atom. The number of anilines is 1. The number of carbonyl (C=O) groups excluding carboxylic acids is 2. The average Bonchev–Trinajstić information content (AvgIpc) is 3.42. The van der Waals surface area contributed by atoms with Crippen LogP contribution in [0.3, 0.4) is 0 Å². The van der Waals surface area contributed by atoms with Gasteiger partial charge in [-0.1, -0.05) is 18.2 Å². The lowest BCUT2D eigenvalue weighted by Crippen LogP contribution is -2.19. The number of fused-ring (bicyclic) bond motifs is 2. The molecule has 0 aliphatic heterocycles. The summed E-state index contributed by atoms with van der Waals surface area (Å²) in [7, 11) is 1.33. The van der Waals surface area contributed by atoms with Crippen LogP contribution in [0, 0.1) is 11.8 Å². The number of aromatic nitrogens is 4. The minimum Gasteiger partial charge on any atom is -0.465 e. The van der Waals surface area contributed by atoms with E-state index in [4.69, 9.17) is 0 Å². The first-order valence-corrected chi connectivity index (χ1v) is 10.0. The number of carbonyl (C=O) groups is 2. The molecule has 2 bridgehead atoms. The molecular formula is C18H21N5O3S. The third-order valence-corrected chi connectivity index (χ3v) is 6.33. The SMILES string of the molecule is COC(=O)c1ccc(NC(=O)CSc2nnnn2[C@@H]2C[C@@H]3CC[C@H]2C3)cc1. The van der Waals surface area contributed by atoms with Gasteiger partial charge in [-0.25, -0.2) is 9.48 Å². The van der Waals surface area contributed by atoms with Crippen molar-refractivity contribution in [2.24, 2.45) is 11.8 Å². The van der Waals surface area contributed by atoms with E-state index in [-0.39, 0.29) is 11.7 Å². The van der Waals surface area contributed by atoms with Crippen molar-refractivity contribution in [1.82, 2.24) is 20.2 Å². The highest BCUT2D eigenvalue weighted by Gasteiger charge is 2.42. The number of methoxy groups -OCH3 is 1. The first-order chi connectivity index (χ1) is 13.1. The Labute approximate surface area is 161 Å². The number of esters is 1. The average molecular weight is 387 g/mol. The maximum absolute atomic E-state index is 12.2. The van der Waals surface area contributed by atoms with Crippen molar-refractivity contribution in [3.8, 4) is 0 Å². The summed E-state index contributed by atoms with van der Waals surface area (Å²) < 4.78 is 6.57. The molecular weight excluding hydrogens is 366 g/mol. The van der Waals surface area contributed by atoms with Crippen molar-refractivity contribution < 1.29 is 14.3 Å². The summed E-state index contributed by atoms with van der Waals surface area (Å²) in [6.45, 7) is 0. The van der Waals surface area contributed by atoms with Gasteiger partial charge in [-0.05, 0) is 65.8 Å². The highest BCUT2D eigenvalue weighted by atomic mass is 32.2. The Balaban J connectivity index is 1.32. The lowest BCUT2D eigenvalue weighted by molar-refractivity contribution is -0.113. The number of amides is 1. The van der Waals surface area contributed by atoms with Gasteiger partial charge in [0.25, 0.3) is 0 Å². The van der Waals surface area contributed by atoms with E-state index in [2.05, 4.69) is 25.6 Å². The second-order valence-electron chi connectivity index (χ2n) is 7.05. The van der Waals surface area contributed by atoms with Crippen molar-refractivity contribution in [1.29, 1.82) is 0 Å². The van der Waals surface area contributed by atoms with Crippen LogP contribution in [0.4, 0.5) is 5.69 Å². The molecule has 1 aromatic carbocycles. The molecule has 1 heterocycles. The molecule has 0 saturated heterocycles. The summed E-state index contributed by atoms with van der Waals surface area (Å²) in [5, 5.41) is 15.6. The zero-order valence-electron chi connectivity index (χ0n) is 15.0. The summed E-state index contributed by atoms with van der Waals surface area (Å²) in [6, 6.07) is 6.95. The topological polar surface area (TPSA) is 99.0 Å². The van der Waals surface area contributed by atoms with Gasteiger partial charge in [0.15, 0.2) is 0 Å². The van der Waals surface area contributed by atoms with Crippen LogP contribution in [-0.4, -0.2) is 44.9 Å². The fourth-order valence-electron chi connectivity index (χ4n) is 4.13. The van der Waals surface area contributed by atoms with Crippen LogP contribution in [0.2, 0.25) is 0 Å². The molecule has 2 aliphatic rings. The zero-order chi connectivity index (χ0) is 18.8. The molecule has 1 amide bonds. The maximum atomic E-state index is 12.2. The van der Waals surface area contributed by atoms with Crippen LogP contribution in [0.1, 0.15) is 42.1 Å². The van der Waals surface area contributed by atoms with Crippen LogP contribution in [0.5, 0.6) is 0 Å². The van der Waals surface area contributed by atoms with Gasteiger partial charge in [-0.3, -0.25) is 4.79 Å². The quantitative estimate of drug-likeness (QED) is 0.601. The summed E-state index contributed by atoms with van der Waals surface area (Å²) in [4.78, 5) is 23.7. The van der Waals surface area contributed by atoms with Crippen LogP contribution < -0.4 is 5.32 Å². The van der Waals surface area contributed by atoms with Crippen LogP contribution in [0.25, 0.3) is 0 Å². The second-order valence-corrected chi connectivity index (χ2v) is 8.00. The Morgan fingerprint density at radius 1 is 1.26 bits per heavy atom. The molecule has 1 aromatic heterocycles. The predicted octanol–water partition coefficient (Wildman–Crippen LogP) is 2.55. The molecule has 2 saturated carbocycles. The van der Waals surface area contributed by atoms with E-state index in [1.807, 2.05) is 4.68 Å². The molecule has 4 rings (SSSR count). The lowest BCUT2D eigenvalue weighted by atomic mass is 9.96. The number of rotatable bonds is 6. The van der Waals surface area contributed by atoms with Gasteiger partial charge in [-0.15, -0.1) is 5.10 Å². The Morgan fingerprint density at radius 2 is 2.07 bits per heavy atom. The van der Waals surface area contributed by atoms with Crippen LogP contribution in [0.15, 0.2) is 29.4 Å². The molecule has 9 heteroatoms. The smallest absolute Gasteiger partial charge is 0.337 e. The largest absolute Gasteiger partial charge is 0.465 e. The van der Waals surface area contributed by atoms with Crippen molar-refractivity contribution in [3.63, 3.8) is 0 Å². The summed E-state index contributed by atoms with van der Waals surface area (Å²) in [5.41, 5.74) is 1.07. The van der Waals surface area contributed by atoms with Gasteiger partial charge < -0.3 is 10.1 Å². The second kappa shape index (κ2) is 7.67. The molecule has 2 aromatic rings. The number of hydrogen-bond donors (Lipinski definition) is 1. The summed E-state index contributed by atoms with van der Waals surface area (Å²) >= 11 is 1.35. The van der Waals surface area contributed by atoms with E-state index in [1.165, 1.54) is 38.1 Å². The molecule has 8 nitrogen and oxygen atoms in total. The lowest BCUT2D eigenvalue weighted by Gasteiger charge is -2.22. The number of nitrogens with zero attached hydrogens (tertiary/aromatic N) is 4. The van der Waals surface area contributed by atoms with Crippen molar-refractivity contribution >= 4 is 29.3 Å². The first kappa shape index (κ1) is 18.0. The molecule has 2 aliphatic carbocycles. The fourth-order valence-corrected chi connectivity index (χ4v) is 4.86. The number of hydrogen-bond acceptors (Lipinski definition) is 7. The molecule has 1 N–H and O–H groups in total. The zero-order valence-corrected chi connectivity index (χ0v) is 15.8. The van der Waals surface area contributed by atoms with Crippen molar-refractivity contribution in [2.75, 3.05) is 18.2 Å². The number of benzene rings is 1. The van der Waals surface area contributed by atoms with E-state index in [9.17, 15) is 9.59 Å². The molecule has 0 radical (unpaired) electrons. The number of ether oxygens (including phenoxy) is 1. The van der Waals surface area contributed by atoms with E-state index in [0.29, 0.717) is 28.4 Å². The van der Waals surface area contributed by atoms with Crippen LogP contribution in [-0.2, 0) is 9.53 Å². The molecule has 2 fully saturated rings. The van der Waals surface area contributed by atoms with Gasteiger partial charge >= 0.3 is 5.97 Å². The molecule has 0 unspecified atom stereocenters. The van der Waals surface area contributed by atoms with Gasteiger partial charge in [0, 0.05) is 5.69 Å². The van der Waals surface area contributed by atoms with Gasteiger partial charge in [0.05, 0.1) is 24.5 Å². The fraction of sp³-hybridized carbons (Fsp3) is 0.500. The van der Waals surface area contributed by atoms with E-state index in [1.54, 1.807) is 24.3 Å². The highest BCUT2D eigenvalue weighted by Crippen LogP contribution is 2.50. The standard InChI is InChI=1S/C18H21N5O3S/c1-26-17(25)12-4-6-14(7-5-12)19-16(24)10-27-18-20-21-22-23(18)15-9-11-2-3-13(15)8-11/h4-7,11,13,15H,2-3,8-10H2,1H3,(H,19,24)/t11-,13+,15-/m1/s1. The van der Waals surface area contributed by atoms with Crippen LogP contribution >= 0.6 is 11.8 Å². The molecule has 0 spiro atoms. The van der Waals surface area contributed by atoms with Crippen molar-refractivity contribution in [3.05, 3.63) is 29.8 Å². The van der Waals surface area contributed by atoms with Crippen molar-refractivity contribution in [2.45, 2.75) is 36.9 Å². The van der Waals surface area contributed by atoms with E-state index < -0.39 is 5.97 Å². The minimum absolute atomic E-state index is 0.145. The Bertz CT molecular complexity index is 838. The number of tetrazole rings is 1. The minimum atomic E-state index is -0.407. The Hall–Kier alpha value is -2.42. The summed E-state index contributed by atoms with van der Waals surface area (Å²) in [5.74, 6) is 1.14. The van der Waals surface area contributed by atoms with E-state index in [0.717, 1.165) is 12.3 Å². The molecule has 27 heavy (non-hydrogen) atoms. The maximum Gasteiger partial charge on any atom is 0.337 e. The van der Waals surface area contributed by atoms with E-state index >= 15 is 0 Å². The molecule has 3 atom stereocenters. The third-order valence-electron chi connectivity index (χ3n) is 5.40. The van der Waals surface area contributed by atoms with Gasteiger partial charge in [0.1, 0.15) is 0 Å². The molecule has 142 valence electrons. The normalized spacial score (nSPS) is 23.4. The monoisotopic (exact) mass is 387 g/mol.